The molecule has 1 N–H and O–H groups in total. The van der Waals surface area contributed by atoms with Crippen molar-refractivity contribution in [3.8, 4) is 11.1 Å². The second kappa shape index (κ2) is 6.27. The van der Waals surface area contributed by atoms with Gasteiger partial charge >= 0.3 is 0 Å². The fourth-order valence-electron chi connectivity index (χ4n) is 3.45. The summed E-state index contributed by atoms with van der Waals surface area (Å²) < 4.78 is 2.58. The lowest BCUT2D eigenvalue weighted by molar-refractivity contribution is 0.825. The molecule has 0 spiro atoms. The number of rotatable bonds is 2. The Balaban J connectivity index is 1.79. The van der Waals surface area contributed by atoms with Crippen molar-refractivity contribution in [3.05, 3.63) is 78.4 Å². The number of aliphatic imine (C=N–C) groups is 1. The minimum atomic E-state index is -0.417. The maximum Gasteiger partial charge on any atom is 0.195 e. The Labute approximate surface area is 160 Å². The summed E-state index contributed by atoms with van der Waals surface area (Å²) in [4.78, 5) is 4.14. The molecule has 1 aliphatic heterocycles. The molecule has 2 nitrogen and oxygen atoms in total. The van der Waals surface area contributed by atoms with E-state index in [4.69, 9.17) is 11.6 Å². The Kier molecular flexibility index (Phi) is 3.77. The van der Waals surface area contributed by atoms with Gasteiger partial charge in [-0.3, -0.25) is 4.99 Å². The van der Waals surface area contributed by atoms with Crippen LogP contribution in [-0.2, 0) is 0 Å². The van der Waals surface area contributed by atoms with E-state index >= 15 is 0 Å². The molecule has 0 fully saturated rings. The van der Waals surface area contributed by atoms with Crippen molar-refractivity contribution in [2.75, 3.05) is 0 Å². The molecule has 0 saturated heterocycles. The molecule has 0 saturated carbocycles. The van der Waals surface area contributed by atoms with Gasteiger partial charge in [-0.2, -0.15) is 0 Å². The summed E-state index contributed by atoms with van der Waals surface area (Å²) in [6, 6.07) is 23.6. The molecule has 1 aromatic heterocycles. The van der Waals surface area contributed by atoms with E-state index in [9.17, 15) is 0 Å². The third kappa shape index (κ3) is 2.52. The zero-order valence-electron chi connectivity index (χ0n) is 13.8. The molecule has 4 heteroatoms. The molecule has 0 radical (unpaired) electrons. The van der Waals surface area contributed by atoms with Crippen molar-refractivity contribution < 1.29 is 0 Å². The number of thiophene rings is 1. The Hall–Kier alpha value is -2.62. The molecule has 2 heterocycles. The number of benzene rings is 3. The number of hydrogen-bond acceptors (Lipinski definition) is 3. The summed E-state index contributed by atoms with van der Waals surface area (Å²) in [5, 5.41) is 5.82. The SMILES string of the molecule is ClC1N=CC=C(c2cccc3c2sc2c(-c4ccccc4)cccc23)N1. The molecule has 26 heavy (non-hydrogen) atoms. The third-order valence-electron chi connectivity index (χ3n) is 4.63. The van der Waals surface area contributed by atoms with Crippen molar-refractivity contribution in [1.29, 1.82) is 0 Å². The van der Waals surface area contributed by atoms with Crippen LogP contribution in [0.1, 0.15) is 5.56 Å². The first-order valence-corrected chi connectivity index (χ1v) is 9.71. The molecule has 0 amide bonds. The first-order valence-electron chi connectivity index (χ1n) is 8.45. The van der Waals surface area contributed by atoms with E-state index in [1.54, 1.807) is 6.21 Å². The lowest BCUT2D eigenvalue weighted by Gasteiger charge is -2.16. The molecule has 0 bridgehead atoms. The molecule has 1 atom stereocenters. The quantitative estimate of drug-likeness (QED) is 0.325. The van der Waals surface area contributed by atoms with Gasteiger partial charge in [0, 0.05) is 37.6 Å². The van der Waals surface area contributed by atoms with Crippen LogP contribution in [0.25, 0.3) is 37.0 Å². The highest BCUT2D eigenvalue weighted by molar-refractivity contribution is 7.26. The van der Waals surface area contributed by atoms with Gasteiger partial charge in [0.15, 0.2) is 5.62 Å². The summed E-state index contributed by atoms with van der Waals surface area (Å²) in [6.45, 7) is 0. The highest BCUT2D eigenvalue weighted by Crippen LogP contribution is 2.42. The maximum absolute atomic E-state index is 6.15. The average Bonchev–Trinajstić information content (AvgIpc) is 3.07. The van der Waals surface area contributed by atoms with Gasteiger partial charge in [-0.05, 0) is 17.2 Å². The molecule has 4 aromatic rings. The number of nitrogens with one attached hydrogen (secondary N) is 1. The van der Waals surface area contributed by atoms with Crippen LogP contribution in [0.2, 0.25) is 0 Å². The van der Waals surface area contributed by atoms with E-state index in [-0.39, 0.29) is 0 Å². The minimum Gasteiger partial charge on any atom is -0.351 e. The van der Waals surface area contributed by atoms with Gasteiger partial charge in [0.1, 0.15) is 0 Å². The van der Waals surface area contributed by atoms with Gasteiger partial charge in [-0.15, -0.1) is 11.3 Å². The van der Waals surface area contributed by atoms with E-state index in [2.05, 4.69) is 77.0 Å². The molecular formula is C22H15ClN2S. The van der Waals surface area contributed by atoms with Crippen LogP contribution in [0.5, 0.6) is 0 Å². The number of fused-ring (bicyclic) bond motifs is 3. The first-order chi connectivity index (χ1) is 12.8. The molecule has 126 valence electrons. The van der Waals surface area contributed by atoms with Crippen LogP contribution in [0.15, 0.2) is 77.8 Å². The van der Waals surface area contributed by atoms with E-state index in [0.29, 0.717) is 0 Å². The van der Waals surface area contributed by atoms with Crippen LogP contribution in [0, 0.1) is 0 Å². The summed E-state index contributed by atoms with van der Waals surface area (Å²) in [5.41, 5.74) is 4.28. The predicted molar refractivity (Wildman–Crippen MR) is 114 cm³/mol. The van der Waals surface area contributed by atoms with Crippen LogP contribution < -0.4 is 5.32 Å². The lowest BCUT2D eigenvalue weighted by Crippen LogP contribution is -2.23. The number of halogens is 1. The van der Waals surface area contributed by atoms with Gasteiger partial charge in [0.25, 0.3) is 0 Å². The summed E-state index contributed by atoms with van der Waals surface area (Å²) >= 11 is 7.99. The zero-order chi connectivity index (χ0) is 17.5. The normalized spacial score (nSPS) is 16.7. The molecule has 5 rings (SSSR count). The van der Waals surface area contributed by atoms with E-state index in [1.807, 2.05) is 17.4 Å². The monoisotopic (exact) mass is 374 g/mol. The third-order valence-corrected chi connectivity index (χ3v) is 6.14. The van der Waals surface area contributed by atoms with Crippen molar-refractivity contribution in [2.45, 2.75) is 5.62 Å². The summed E-state index contributed by atoms with van der Waals surface area (Å²) in [7, 11) is 0. The Morgan fingerprint density at radius 1 is 0.808 bits per heavy atom. The predicted octanol–water partition coefficient (Wildman–Crippen LogP) is 6.26. The van der Waals surface area contributed by atoms with Gasteiger partial charge in [-0.25, -0.2) is 0 Å². The van der Waals surface area contributed by atoms with Gasteiger partial charge in [-0.1, -0.05) is 78.3 Å². The van der Waals surface area contributed by atoms with Crippen LogP contribution in [0.3, 0.4) is 0 Å². The van der Waals surface area contributed by atoms with Crippen LogP contribution >= 0.6 is 22.9 Å². The van der Waals surface area contributed by atoms with Crippen molar-refractivity contribution in [1.82, 2.24) is 5.32 Å². The summed E-state index contributed by atoms with van der Waals surface area (Å²) in [6.07, 6.45) is 3.75. The molecule has 0 aliphatic carbocycles. The largest absolute Gasteiger partial charge is 0.351 e. The van der Waals surface area contributed by atoms with E-state index in [0.717, 1.165) is 5.70 Å². The molecule has 1 unspecified atom stereocenters. The number of nitrogens with zero attached hydrogens (tertiary/aromatic N) is 1. The standard InChI is InChI=1S/C22H15ClN2S/c23-22-24-13-12-19(25-22)18-11-5-10-17-16-9-4-8-15(20(16)26-21(17)18)14-6-2-1-3-7-14/h1-13,22,25H. The molecule has 1 aliphatic rings. The van der Waals surface area contributed by atoms with Crippen LogP contribution in [0.4, 0.5) is 0 Å². The Morgan fingerprint density at radius 2 is 1.50 bits per heavy atom. The van der Waals surface area contributed by atoms with Crippen molar-refractivity contribution in [3.63, 3.8) is 0 Å². The fourth-order valence-corrected chi connectivity index (χ4v) is 5.00. The van der Waals surface area contributed by atoms with Crippen molar-refractivity contribution >= 4 is 55.0 Å². The van der Waals surface area contributed by atoms with E-state index < -0.39 is 5.62 Å². The average molecular weight is 375 g/mol. The van der Waals surface area contributed by atoms with Gasteiger partial charge in [0.2, 0.25) is 0 Å². The highest BCUT2D eigenvalue weighted by atomic mass is 35.5. The highest BCUT2D eigenvalue weighted by Gasteiger charge is 2.16. The smallest absolute Gasteiger partial charge is 0.195 e. The fraction of sp³-hybridized carbons (Fsp3) is 0.0455. The first kappa shape index (κ1) is 15.6. The Bertz CT molecular complexity index is 1170. The maximum atomic E-state index is 6.15. The lowest BCUT2D eigenvalue weighted by atomic mass is 10.0. The van der Waals surface area contributed by atoms with Gasteiger partial charge in [0.05, 0.1) is 0 Å². The second-order valence-electron chi connectivity index (χ2n) is 6.19. The minimum absolute atomic E-state index is 0.417. The van der Waals surface area contributed by atoms with Crippen molar-refractivity contribution in [2.24, 2.45) is 4.99 Å². The summed E-state index contributed by atoms with van der Waals surface area (Å²) in [5.74, 6) is 0. The Morgan fingerprint density at radius 3 is 2.23 bits per heavy atom. The number of alkyl halides is 1. The number of hydrogen-bond donors (Lipinski definition) is 1. The number of allylic oxidation sites excluding steroid dienone is 1. The van der Waals surface area contributed by atoms with E-state index in [1.165, 1.54) is 36.9 Å². The second-order valence-corrected chi connectivity index (χ2v) is 7.63. The zero-order valence-corrected chi connectivity index (χ0v) is 15.4. The molecular weight excluding hydrogens is 360 g/mol. The van der Waals surface area contributed by atoms with Crippen LogP contribution in [-0.4, -0.2) is 11.8 Å². The topological polar surface area (TPSA) is 24.4 Å². The molecule has 3 aromatic carbocycles. The van der Waals surface area contributed by atoms with Gasteiger partial charge < -0.3 is 5.32 Å².